The summed E-state index contributed by atoms with van der Waals surface area (Å²) in [4.78, 5) is 11.7. The van der Waals surface area contributed by atoms with Crippen molar-refractivity contribution in [2.75, 3.05) is 26.5 Å². The van der Waals surface area contributed by atoms with E-state index in [1.54, 1.807) is 0 Å². The largest absolute Gasteiger partial charge is 0.460 e. The lowest BCUT2D eigenvalue weighted by Gasteiger charge is -2.35. The zero-order valence-electron chi connectivity index (χ0n) is 21.3. The normalized spacial score (nSPS) is 27.0. The fourth-order valence-electron chi connectivity index (χ4n) is 2.89. The molecule has 0 aromatic carbocycles. The first-order valence-corrected chi connectivity index (χ1v) is 12.1. The van der Waals surface area contributed by atoms with Gasteiger partial charge in [0.2, 0.25) is 5.79 Å². The Morgan fingerprint density at radius 1 is 0.783 bits per heavy atom. The van der Waals surface area contributed by atoms with Crippen LogP contribution in [0.15, 0.2) is 0 Å². The van der Waals surface area contributed by atoms with Crippen LogP contribution in [0.5, 0.6) is 0 Å². The number of hydrogen-bond donors (Lipinski definition) is 0. The van der Waals surface area contributed by atoms with Gasteiger partial charge in [0.05, 0.1) is 0 Å². The van der Waals surface area contributed by atoms with Crippen LogP contribution in [0.1, 0.15) is 13.3 Å². The van der Waals surface area contributed by atoms with E-state index in [0.29, 0.717) is 0 Å². The monoisotopic (exact) mass is 754 g/mol. The predicted octanol–water partition coefficient (Wildman–Crippen LogP) is 5.49. The second-order valence-electron chi connectivity index (χ2n) is 8.82. The highest BCUT2D eigenvalue weighted by atomic mass is 32.3. The molecule has 0 aromatic heterocycles. The summed E-state index contributed by atoms with van der Waals surface area (Å²) in [7, 11) is -6.97. The highest BCUT2D eigenvalue weighted by molar-refractivity contribution is 7.87. The van der Waals surface area contributed by atoms with Crippen molar-refractivity contribution >= 4 is 16.2 Å². The van der Waals surface area contributed by atoms with Crippen molar-refractivity contribution in [3.8, 4) is 0 Å². The number of esters is 1. The van der Waals surface area contributed by atoms with Gasteiger partial charge in [-0.2, -0.15) is 78.7 Å². The Morgan fingerprint density at radius 2 is 1.28 bits per heavy atom. The van der Waals surface area contributed by atoms with Gasteiger partial charge < -0.3 is 14.2 Å². The molecule has 1 aliphatic rings. The topological polar surface area (TPSA) is 107 Å². The van der Waals surface area contributed by atoms with Crippen molar-refractivity contribution in [1.82, 2.24) is 0 Å². The molecule has 29 heteroatoms. The summed E-state index contributed by atoms with van der Waals surface area (Å²) in [5.74, 6) is -26.3. The van der Waals surface area contributed by atoms with Crippen molar-refractivity contribution in [2.24, 2.45) is 0 Å². The molecule has 0 spiro atoms. The highest BCUT2D eigenvalue weighted by Crippen LogP contribution is 2.56. The number of ether oxygens (including phenoxy) is 6. The van der Waals surface area contributed by atoms with E-state index in [2.05, 4.69) is 28.4 Å². The SMILES string of the molecule is CC1(COC(=O)C(F)(OC(F)(F)CC(F)(F)F)C(F)(F)F)OC(F)(COCC(F)(F)S(=O)(=O)F)C(F)(C(F)(F)OC(F)(F)CF)O1. The molecular formula is C17H13F19O9S. The molecule has 1 aliphatic heterocycles. The average Bonchev–Trinajstić information content (AvgIpc) is 2.99. The Labute approximate surface area is 240 Å². The molecule has 0 amide bonds. The minimum atomic E-state index is -7.10. The van der Waals surface area contributed by atoms with Crippen LogP contribution in [0, 0.1) is 0 Å². The minimum absolute atomic E-state index is 0.243. The Morgan fingerprint density at radius 3 is 1.70 bits per heavy atom. The highest BCUT2D eigenvalue weighted by Gasteiger charge is 2.82. The molecule has 1 heterocycles. The fourth-order valence-corrected chi connectivity index (χ4v) is 3.12. The van der Waals surface area contributed by atoms with E-state index in [1.165, 1.54) is 0 Å². The molecule has 0 aliphatic carbocycles. The van der Waals surface area contributed by atoms with Crippen LogP contribution < -0.4 is 0 Å². The number of carbonyl (C=O) groups excluding carboxylic acids is 1. The van der Waals surface area contributed by atoms with Crippen LogP contribution in [0.25, 0.3) is 0 Å². The van der Waals surface area contributed by atoms with Gasteiger partial charge in [0.15, 0.2) is 6.67 Å². The molecule has 4 unspecified atom stereocenters. The molecule has 0 radical (unpaired) electrons. The second kappa shape index (κ2) is 12.4. The van der Waals surface area contributed by atoms with Crippen LogP contribution in [-0.4, -0.2) is 100 Å². The number of rotatable bonds is 15. The van der Waals surface area contributed by atoms with Crippen molar-refractivity contribution in [3.63, 3.8) is 0 Å². The molecular weight excluding hydrogens is 741 g/mol. The van der Waals surface area contributed by atoms with Crippen LogP contribution in [0.2, 0.25) is 0 Å². The quantitative estimate of drug-likeness (QED) is 0.122. The summed E-state index contributed by atoms with van der Waals surface area (Å²) in [6.07, 6.45) is -35.6. The van der Waals surface area contributed by atoms with Crippen LogP contribution in [0.3, 0.4) is 0 Å². The fraction of sp³-hybridized carbons (Fsp3) is 0.941. The molecule has 4 atom stereocenters. The van der Waals surface area contributed by atoms with Gasteiger partial charge in [-0.15, -0.1) is 0 Å². The third kappa shape index (κ3) is 9.28. The summed E-state index contributed by atoms with van der Waals surface area (Å²) in [5, 5.41) is -5.70. The van der Waals surface area contributed by atoms with Gasteiger partial charge in [0.25, 0.3) is 0 Å². The van der Waals surface area contributed by atoms with E-state index in [9.17, 15) is 87.3 Å². The standard InChI is InChI=1S/C17H13F19O9S/c1-8(4-41-7(37)14(29,16(31,32)33)44-11(23,24)2-10(20,21)22)42-9(19,5-40-6-13(27,28)46(36,38)39)15(30,43-8)17(34,35)45-12(25,26)3-18/h2-6H2,1H3. The molecule has 1 fully saturated rings. The lowest BCUT2D eigenvalue weighted by atomic mass is 10.1. The molecule has 0 bridgehead atoms. The van der Waals surface area contributed by atoms with E-state index in [0.717, 1.165) is 0 Å². The number of halogens is 19. The average molecular weight is 754 g/mol. The van der Waals surface area contributed by atoms with E-state index >= 15 is 8.78 Å². The first kappa shape index (κ1) is 41.9. The summed E-state index contributed by atoms with van der Waals surface area (Å²) < 4.78 is 294. The zero-order chi connectivity index (χ0) is 36.9. The molecule has 46 heavy (non-hydrogen) atoms. The van der Waals surface area contributed by atoms with Gasteiger partial charge >= 0.3 is 69.7 Å². The number of carbonyl (C=O) groups is 1. The maximum Gasteiger partial charge on any atom is 0.460 e. The van der Waals surface area contributed by atoms with E-state index in [4.69, 9.17) is 0 Å². The van der Waals surface area contributed by atoms with E-state index < -0.39 is 108 Å². The van der Waals surface area contributed by atoms with Crippen LogP contribution in [0.4, 0.5) is 82.9 Å². The molecule has 0 aromatic rings. The van der Waals surface area contributed by atoms with Crippen molar-refractivity contribution in [3.05, 3.63) is 0 Å². The Hall–Kier alpha value is -2.11. The minimum Gasteiger partial charge on any atom is -0.455 e. The lowest BCUT2D eigenvalue weighted by Crippen LogP contribution is -2.62. The van der Waals surface area contributed by atoms with Crippen molar-refractivity contribution in [1.29, 1.82) is 0 Å². The Balaban J connectivity index is 3.48. The van der Waals surface area contributed by atoms with E-state index in [1.807, 2.05) is 0 Å². The molecule has 1 saturated heterocycles. The van der Waals surface area contributed by atoms with Gasteiger partial charge in [-0.05, 0) is 6.92 Å². The summed E-state index contributed by atoms with van der Waals surface area (Å²) in [6, 6.07) is 0. The second-order valence-corrected chi connectivity index (χ2v) is 10.3. The van der Waals surface area contributed by atoms with Crippen molar-refractivity contribution < 1.29 is 125 Å². The van der Waals surface area contributed by atoms with Gasteiger partial charge in [-0.1, -0.05) is 3.89 Å². The summed E-state index contributed by atoms with van der Waals surface area (Å²) >= 11 is 0. The molecule has 274 valence electrons. The summed E-state index contributed by atoms with van der Waals surface area (Å²) in [5.41, 5.74) is 0. The van der Waals surface area contributed by atoms with Crippen LogP contribution in [-0.2, 0) is 43.4 Å². The third-order valence-electron chi connectivity index (χ3n) is 4.73. The van der Waals surface area contributed by atoms with Gasteiger partial charge in [0, 0.05) is 0 Å². The smallest absolute Gasteiger partial charge is 0.455 e. The summed E-state index contributed by atoms with van der Waals surface area (Å²) in [6.45, 7) is -12.1. The van der Waals surface area contributed by atoms with Gasteiger partial charge in [-0.25, -0.2) is 18.3 Å². The molecule has 9 nitrogen and oxygen atoms in total. The number of hydrogen-bond acceptors (Lipinski definition) is 9. The maximum atomic E-state index is 15.4. The van der Waals surface area contributed by atoms with Crippen molar-refractivity contribution in [2.45, 2.75) is 72.6 Å². The zero-order valence-corrected chi connectivity index (χ0v) is 22.1. The molecule has 1 rings (SSSR count). The number of alkyl halides is 18. The predicted molar refractivity (Wildman–Crippen MR) is 98.6 cm³/mol. The third-order valence-corrected chi connectivity index (χ3v) is 5.56. The van der Waals surface area contributed by atoms with Gasteiger partial charge in [-0.3, -0.25) is 9.47 Å². The van der Waals surface area contributed by atoms with Gasteiger partial charge in [0.1, 0.15) is 26.2 Å². The molecule has 0 saturated carbocycles. The first-order chi connectivity index (χ1) is 19.9. The van der Waals surface area contributed by atoms with E-state index in [-0.39, 0.29) is 6.92 Å². The lowest BCUT2D eigenvalue weighted by molar-refractivity contribution is -0.468. The first-order valence-electron chi connectivity index (χ1n) is 10.7. The molecule has 0 N–H and O–H groups in total. The van der Waals surface area contributed by atoms with Crippen LogP contribution >= 0.6 is 0 Å². The Bertz CT molecular complexity index is 1210. The maximum absolute atomic E-state index is 15.4. The Kier molecular flexibility index (Phi) is 11.3.